The van der Waals surface area contributed by atoms with Gasteiger partial charge in [-0.2, -0.15) is 13.2 Å². The third-order valence-electron chi connectivity index (χ3n) is 4.80. The van der Waals surface area contributed by atoms with Crippen molar-refractivity contribution < 1.29 is 18.0 Å². The molecule has 4 rings (SSSR count). The van der Waals surface area contributed by atoms with E-state index < -0.39 is 11.9 Å². The van der Waals surface area contributed by atoms with Crippen LogP contribution >= 0.6 is 0 Å². The Hall–Kier alpha value is -4.07. The zero-order valence-electron chi connectivity index (χ0n) is 16.7. The lowest BCUT2D eigenvalue weighted by Gasteiger charge is -2.09. The standard InChI is InChI=1S/C24H17F3N4O/c25-24(26,27)22-13-20(9-10-30-22)17-3-1-16(2-4-17)14-31-23(32)19-7-5-18(6-8-19)21-15-28-11-12-29-21/h1-13,15H,14H2,(H,31,32). The molecule has 160 valence electrons. The van der Waals surface area contributed by atoms with Gasteiger partial charge in [0, 0.05) is 36.3 Å². The zero-order valence-corrected chi connectivity index (χ0v) is 16.7. The largest absolute Gasteiger partial charge is 0.433 e. The molecule has 0 bridgehead atoms. The lowest BCUT2D eigenvalue weighted by molar-refractivity contribution is -0.141. The second-order valence-corrected chi connectivity index (χ2v) is 6.98. The second kappa shape index (κ2) is 8.97. The molecular weight excluding hydrogens is 417 g/mol. The number of hydrogen-bond donors (Lipinski definition) is 1. The molecule has 0 aliphatic rings. The van der Waals surface area contributed by atoms with Gasteiger partial charge in [0.15, 0.2) is 0 Å². The van der Waals surface area contributed by atoms with Crippen molar-refractivity contribution in [2.75, 3.05) is 0 Å². The predicted octanol–water partition coefficient (Wildman–Crippen LogP) is 5.15. The van der Waals surface area contributed by atoms with Crippen LogP contribution < -0.4 is 5.32 Å². The van der Waals surface area contributed by atoms with E-state index in [9.17, 15) is 18.0 Å². The highest BCUT2D eigenvalue weighted by Crippen LogP contribution is 2.30. The van der Waals surface area contributed by atoms with E-state index in [1.165, 1.54) is 6.07 Å². The Balaban J connectivity index is 1.39. The third-order valence-corrected chi connectivity index (χ3v) is 4.80. The summed E-state index contributed by atoms with van der Waals surface area (Å²) in [5.74, 6) is -0.233. The first-order valence-corrected chi connectivity index (χ1v) is 9.67. The highest BCUT2D eigenvalue weighted by Gasteiger charge is 2.32. The molecule has 1 N–H and O–H groups in total. The van der Waals surface area contributed by atoms with E-state index in [1.807, 2.05) is 0 Å². The molecule has 2 aromatic carbocycles. The molecule has 0 saturated carbocycles. The maximum Gasteiger partial charge on any atom is 0.433 e. The minimum Gasteiger partial charge on any atom is -0.348 e. The summed E-state index contributed by atoms with van der Waals surface area (Å²) in [7, 11) is 0. The number of benzene rings is 2. The Morgan fingerprint density at radius 3 is 2.19 bits per heavy atom. The van der Waals surface area contributed by atoms with Crippen molar-refractivity contribution in [3.63, 3.8) is 0 Å². The summed E-state index contributed by atoms with van der Waals surface area (Å²) in [6.07, 6.45) is 1.49. The molecule has 0 saturated heterocycles. The number of halogens is 3. The molecule has 0 fully saturated rings. The van der Waals surface area contributed by atoms with Crippen LogP contribution in [-0.4, -0.2) is 20.9 Å². The molecular formula is C24H17F3N4O. The normalized spacial score (nSPS) is 11.2. The van der Waals surface area contributed by atoms with E-state index in [0.717, 1.165) is 29.1 Å². The van der Waals surface area contributed by atoms with Gasteiger partial charge in [-0.1, -0.05) is 36.4 Å². The average molecular weight is 434 g/mol. The van der Waals surface area contributed by atoms with Gasteiger partial charge in [0.25, 0.3) is 5.91 Å². The number of pyridine rings is 1. The molecule has 4 aromatic rings. The number of amides is 1. The fourth-order valence-corrected chi connectivity index (χ4v) is 3.11. The summed E-state index contributed by atoms with van der Waals surface area (Å²) in [6, 6.07) is 16.5. The van der Waals surface area contributed by atoms with Crippen molar-refractivity contribution in [2.45, 2.75) is 12.7 Å². The minimum absolute atomic E-state index is 0.233. The van der Waals surface area contributed by atoms with Crippen LogP contribution in [0, 0.1) is 0 Å². The Morgan fingerprint density at radius 2 is 1.53 bits per heavy atom. The first kappa shape index (κ1) is 21.2. The van der Waals surface area contributed by atoms with Gasteiger partial charge in [-0.3, -0.25) is 19.7 Å². The highest BCUT2D eigenvalue weighted by atomic mass is 19.4. The van der Waals surface area contributed by atoms with Gasteiger partial charge in [-0.25, -0.2) is 0 Å². The molecule has 8 heteroatoms. The number of carbonyl (C=O) groups is 1. The fourth-order valence-electron chi connectivity index (χ4n) is 3.11. The first-order chi connectivity index (χ1) is 15.4. The molecule has 1 amide bonds. The van der Waals surface area contributed by atoms with Gasteiger partial charge in [0.1, 0.15) is 5.69 Å². The minimum atomic E-state index is -4.49. The van der Waals surface area contributed by atoms with E-state index in [0.29, 0.717) is 16.7 Å². The van der Waals surface area contributed by atoms with Gasteiger partial charge in [0.2, 0.25) is 0 Å². The Morgan fingerprint density at radius 1 is 0.812 bits per heavy atom. The molecule has 0 aliphatic heterocycles. The first-order valence-electron chi connectivity index (χ1n) is 9.67. The summed E-state index contributed by atoms with van der Waals surface area (Å²) in [5, 5.41) is 2.84. The Bertz CT molecular complexity index is 1210. The number of nitrogens with one attached hydrogen (secondary N) is 1. The predicted molar refractivity (Wildman–Crippen MR) is 113 cm³/mol. The molecule has 2 heterocycles. The van der Waals surface area contributed by atoms with Crippen LogP contribution in [0.4, 0.5) is 13.2 Å². The van der Waals surface area contributed by atoms with E-state index in [-0.39, 0.29) is 12.5 Å². The zero-order chi connectivity index (χ0) is 22.6. The lowest BCUT2D eigenvalue weighted by atomic mass is 10.0. The smallest absolute Gasteiger partial charge is 0.348 e. The summed E-state index contributed by atoms with van der Waals surface area (Å²) < 4.78 is 38.6. The molecule has 0 aliphatic carbocycles. The summed E-state index contributed by atoms with van der Waals surface area (Å²) in [4.78, 5) is 24.1. The monoisotopic (exact) mass is 434 g/mol. The molecule has 0 unspecified atom stereocenters. The Labute approximate surface area is 182 Å². The summed E-state index contributed by atoms with van der Waals surface area (Å²) >= 11 is 0. The Kier molecular flexibility index (Phi) is 5.93. The quantitative estimate of drug-likeness (QED) is 0.472. The molecule has 0 radical (unpaired) electrons. The van der Waals surface area contributed by atoms with Crippen LogP contribution in [0.2, 0.25) is 0 Å². The van der Waals surface area contributed by atoms with E-state index in [2.05, 4.69) is 20.3 Å². The van der Waals surface area contributed by atoms with Crippen LogP contribution in [0.5, 0.6) is 0 Å². The number of hydrogen-bond acceptors (Lipinski definition) is 4. The maximum atomic E-state index is 12.9. The molecule has 0 atom stereocenters. The van der Waals surface area contributed by atoms with E-state index in [1.54, 1.807) is 67.1 Å². The van der Waals surface area contributed by atoms with Crippen molar-refractivity contribution in [1.29, 1.82) is 0 Å². The van der Waals surface area contributed by atoms with Gasteiger partial charge in [-0.15, -0.1) is 0 Å². The van der Waals surface area contributed by atoms with Crippen LogP contribution in [0.25, 0.3) is 22.4 Å². The number of alkyl halides is 3. The van der Waals surface area contributed by atoms with Crippen LogP contribution in [0.15, 0.2) is 85.5 Å². The number of nitrogens with zero attached hydrogens (tertiary/aromatic N) is 3. The van der Waals surface area contributed by atoms with Gasteiger partial charge in [0.05, 0.1) is 11.9 Å². The van der Waals surface area contributed by atoms with Gasteiger partial charge in [-0.05, 0) is 41.0 Å². The fraction of sp³-hybridized carbons (Fsp3) is 0.0833. The highest BCUT2D eigenvalue weighted by molar-refractivity contribution is 5.94. The topological polar surface area (TPSA) is 67.8 Å². The molecule has 32 heavy (non-hydrogen) atoms. The molecule has 5 nitrogen and oxygen atoms in total. The number of rotatable bonds is 5. The van der Waals surface area contributed by atoms with Crippen molar-refractivity contribution >= 4 is 5.91 Å². The van der Waals surface area contributed by atoms with E-state index >= 15 is 0 Å². The van der Waals surface area contributed by atoms with Crippen molar-refractivity contribution in [2.24, 2.45) is 0 Å². The maximum absolute atomic E-state index is 12.9. The van der Waals surface area contributed by atoms with Crippen LogP contribution in [0.3, 0.4) is 0 Å². The second-order valence-electron chi connectivity index (χ2n) is 6.98. The summed E-state index contributed by atoms with van der Waals surface area (Å²) in [6.45, 7) is 0.287. The average Bonchev–Trinajstić information content (AvgIpc) is 2.83. The van der Waals surface area contributed by atoms with Crippen molar-refractivity contribution in [3.05, 3.63) is 102 Å². The number of carbonyl (C=O) groups excluding carboxylic acids is 1. The van der Waals surface area contributed by atoms with Gasteiger partial charge >= 0.3 is 6.18 Å². The third kappa shape index (κ3) is 4.97. The van der Waals surface area contributed by atoms with Crippen molar-refractivity contribution in [3.8, 4) is 22.4 Å². The SMILES string of the molecule is O=C(NCc1ccc(-c2ccnc(C(F)(F)F)c2)cc1)c1ccc(-c2cnccn2)cc1. The van der Waals surface area contributed by atoms with Gasteiger partial charge < -0.3 is 5.32 Å². The lowest BCUT2D eigenvalue weighted by Crippen LogP contribution is -2.22. The van der Waals surface area contributed by atoms with Crippen LogP contribution in [0.1, 0.15) is 21.6 Å². The molecule has 2 aromatic heterocycles. The molecule has 0 spiro atoms. The number of aromatic nitrogens is 3. The summed E-state index contributed by atoms with van der Waals surface area (Å²) in [5.41, 5.74) is 3.02. The van der Waals surface area contributed by atoms with E-state index in [4.69, 9.17) is 0 Å². The van der Waals surface area contributed by atoms with Crippen LogP contribution in [-0.2, 0) is 12.7 Å². The van der Waals surface area contributed by atoms with Crippen molar-refractivity contribution in [1.82, 2.24) is 20.3 Å².